The Morgan fingerprint density at radius 2 is 1.59 bits per heavy atom. The van der Waals surface area contributed by atoms with E-state index in [1.807, 2.05) is 0 Å². The SMILES string of the molecule is CCC[C@H]1CC[C@H](c2ccc(CC(=O)C3CCC(CC)CC3=O)cc2)CC1. The summed E-state index contributed by atoms with van der Waals surface area (Å²) in [4.78, 5) is 24.9. The summed E-state index contributed by atoms with van der Waals surface area (Å²) in [6.07, 6.45) is 11.9. The van der Waals surface area contributed by atoms with E-state index in [-0.39, 0.29) is 17.5 Å². The van der Waals surface area contributed by atoms with Crippen LogP contribution in [0.3, 0.4) is 0 Å². The maximum absolute atomic E-state index is 12.6. The zero-order valence-corrected chi connectivity index (χ0v) is 17.2. The molecule has 2 heteroatoms. The van der Waals surface area contributed by atoms with Crippen molar-refractivity contribution < 1.29 is 9.59 Å². The molecule has 0 N–H and O–H groups in total. The van der Waals surface area contributed by atoms with Crippen LogP contribution >= 0.6 is 0 Å². The van der Waals surface area contributed by atoms with E-state index in [1.54, 1.807) is 0 Å². The van der Waals surface area contributed by atoms with Gasteiger partial charge in [0.2, 0.25) is 0 Å². The van der Waals surface area contributed by atoms with E-state index in [4.69, 9.17) is 0 Å². The van der Waals surface area contributed by atoms with Gasteiger partial charge in [-0.3, -0.25) is 9.59 Å². The third kappa shape index (κ3) is 5.30. The first-order valence-corrected chi connectivity index (χ1v) is 11.2. The quantitative estimate of drug-likeness (QED) is 0.532. The lowest BCUT2D eigenvalue weighted by Crippen LogP contribution is -2.31. The van der Waals surface area contributed by atoms with E-state index < -0.39 is 0 Å². The van der Waals surface area contributed by atoms with Gasteiger partial charge in [0.15, 0.2) is 0 Å². The molecular weight excluding hydrogens is 332 g/mol. The smallest absolute Gasteiger partial charge is 0.147 e. The first kappa shape index (κ1) is 20.3. The van der Waals surface area contributed by atoms with Crippen LogP contribution in [0.2, 0.25) is 0 Å². The highest BCUT2D eigenvalue weighted by atomic mass is 16.1. The van der Waals surface area contributed by atoms with Gasteiger partial charge in [-0.05, 0) is 67.4 Å². The van der Waals surface area contributed by atoms with Crippen LogP contribution in [0, 0.1) is 17.8 Å². The Morgan fingerprint density at radius 1 is 0.926 bits per heavy atom. The Morgan fingerprint density at radius 3 is 2.19 bits per heavy atom. The van der Waals surface area contributed by atoms with Crippen molar-refractivity contribution >= 4 is 11.6 Å². The second kappa shape index (κ2) is 9.66. The van der Waals surface area contributed by atoms with E-state index in [0.717, 1.165) is 30.7 Å². The minimum atomic E-state index is -0.346. The van der Waals surface area contributed by atoms with Crippen molar-refractivity contribution in [3.05, 3.63) is 35.4 Å². The molecule has 0 amide bonds. The molecule has 0 aromatic heterocycles. The number of Topliss-reactive ketones (excluding diaryl/α,β-unsaturated/α-hetero) is 2. The van der Waals surface area contributed by atoms with Crippen LogP contribution in [0.5, 0.6) is 0 Å². The second-order valence-corrected chi connectivity index (χ2v) is 8.97. The average molecular weight is 369 g/mol. The normalized spacial score (nSPS) is 28.9. The molecular formula is C25H36O2. The third-order valence-corrected chi connectivity index (χ3v) is 7.08. The Hall–Kier alpha value is -1.44. The van der Waals surface area contributed by atoms with E-state index >= 15 is 0 Å². The molecule has 1 aromatic carbocycles. The molecule has 3 rings (SSSR count). The first-order chi connectivity index (χ1) is 13.1. The summed E-state index contributed by atoms with van der Waals surface area (Å²) < 4.78 is 0. The highest BCUT2D eigenvalue weighted by Gasteiger charge is 2.32. The van der Waals surface area contributed by atoms with Crippen molar-refractivity contribution in [1.29, 1.82) is 0 Å². The topological polar surface area (TPSA) is 34.1 Å². The predicted octanol–water partition coefficient (Wildman–Crippen LogP) is 6.27. The molecule has 2 fully saturated rings. The number of ketones is 2. The maximum Gasteiger partial charge on any atom is 0.147 e. The molecule has 2 unspecified atom stereocenters. The van der Waals surface area contributed by atoms with Gasteiger partial charge in [-0.15, -0.1) is 0 Å². The summed E-state index contributed by atoms with van der Waals surface area (Å²) in [6, 6.07) is 8.69. The van der Waals surface area contributed by atoms with Crippen molar-refractivity contribution in [2.75, 3.05) is 0 Å². The van der Waals surface area contributed by atoms with Gasteiger partial charge in [-0.2, -0.15) is 0 Å². The first-order valence-electron chi connectivity index (χ1n) is 11.2. The number of hydrogen-bond acceptors (Lipinski definition) is 2. The molecule has 148 valence electrons. The lowest BCUT2D eigenvalue weighted by atomic mass is 9.76. The lowest BCUT2D eigenvalue weighted by molar-refractivity contribution is -0.135. The monoisotopic (exact) mass is 368 g/mol. The van der Waals surface area contributed by atoms with Gasteiger partial charge >= 0.3 is 0 Å². The standard InChI is InChI=1S/C25H36O2/c1-3-5-19-6-11-21(12-7-19)22-13-8-20(9-14-22)17-25(27)23-15-10-18(4-2)16-24(23)26/h8-9,13-14,18-19,21,23H,3-7,10-12,15-17H2,1-2H3/t18?,19-,21-,23?. The molecule has 0 bridgehead atoms. The van der Waals surface area contributed by atoms with Crippen molar-refractivity contribution in [2.24, 2.45) is 17.8 Å². The summed E-state index contributed by atoms with van der Waals surface area (Å²) in [5.41, 5.74) is 2.49. The number of hydrogen-bond donors (Lipinski definition) is 0. The van der Waals surface area contributed by atoms with Crippen LogP contribution in [-0.4, -0.2) is 11.6 Å². The number of benzene rings is 1. The molecule has 0 spiro atoms. The fraction of sp³-hybridized carbons (Fsp3) is 0.680. The lowest BCUT2D eigenvalue weighted by Gasteiger charge is -2.28. The van der Waals surface area contributed by atoms with Gasteiger partial charge in [0, 0.05) is 12.8 Å². The van der Waals surface area contributed by atoms with Crippen molar-refractivity contribution in [1.82, 2.24) is 0 Å². The van der Waals surface area contributed by atoms with Crippen molar-refractivity contribution in [2.45, 2.75) is 90.4 Å². The zero-order valence-electron chi connectivity index (χ0n) is 17.2. The second-order valence-electron chi connectivity index (χ2n) is 8.97. The molecule has 2 saturated carbocycles. The summed E-state index contributed by atoms with van der Waals surface area (Å²) in [5.74, 6) is 2.08. The van der Waals surface area contributed by atoms with Crippen LogP contribution < -0.4 is 0 Å². The van der Waals surface area contributed by atoms with Gasteiger partial charge in [0.05, 0.1) is 5.92 Å². The summed E-state index contributed by atoms with van der Waals surface area (Å²) in [5, 5.41) is 0. The van der Waals surface area contributed by atoms with Gasteiger partial charge in [-0.25, -0.2) is 0 Å². The van der Waals surface area contributed by atoms with Crippen LogP contribution in [0.4, 0.5) is 0 Å². The number of carbonyl (C=O) groups is 2. The highest BCUT2D eigenvalue weighted by Crippen LogP contribution is 2.37. The molecule has 0 aliphatic heterocycles. The average Bonchev–Trinajstić information content (AvgIpc) is 2.69. The van der Waals surface area contributed by atoms with Crippen LogP contribution in [0.25, 0.3) is 0 Å². The number of carbonyl (C=O) groups excluding carboxylic acids is 2. The van der Waals surface area contributed by atoms with Crippen LogP contribution in [0.15, 0.2) is 24.3 Å². The predicted molar refractivity (Wildman–Crippen MR) is 111 cm³/mol. The van der Waals surface area contributed by atoms with Gasteiger partial charge < -0.3 is 0 Å². The van der Waals surface area contributed by atoms with Gasteiger partial charge in [0.25, 0.3) is 0 Å². The van der Waals surface area contributed by atoms with Gasteiger partial charge in [0.1, 0.15) is 11.6 Å². The van der Waals surface area contributed by atoms with Crippen molar-refractivity contribution in [3.8, 4) is 0 Å². The molecule has 27 heavy (non-hydrogen) atoms. The summed E-state index contributed by atoms with van der Waals surface area (Å²) >= 11 is 0. The minimum absolute atomic E-state index is 0.127. The fourth-order valence-corrected chi connectivity index (χ4v) is 5.21. The maximum atomic E-state index is 12.6. The zero-order chi connectivity index (χ0) is 19.2. The van der Waals surface area contributed by atoms with Crippen molar-refractivity contribution in [3.63, 3.8) is 0 Å². The molecule has 0 saturated heterocycles. The molecule has 2 aliphatic rings. The Kier molecular flexibility index (Phi) is 7.26. The fourth-order valence-electron chi connectivity index (χ4n) is 5.21. The molecule has 0 heterocycles. The number of rotatable bonds is 7. The van der Waals surface area contributed by atoms with E-state index in [9.17, 15) is 9.59 Å². The molecule has 2 nitrogen and oxygen atoms in total. The highest BCUT2D eigenvalue weighted by molar-refractivity contribution is 6.03. The summed E-state index contributed by atoms with van der Waals surface area (Å²) in [6.45, 7) is 4.42. The molecule has 0 radical (unpaired) electrons. The largest absolute Gasteiger partial charge is 0.299 e. The molecule has 2 aliphatic carbocycles. The van der Waals surface area contributed by atoms with Gasteiger partial charge in [-0.1, -0.05) is 57.4 Å². The molecule has 1 aromatic rings. The van der Waals surface area contributed by atoms with E-state index in [1.165, 1.54) is 44.1 Å². The Bertz CT molecular complexity index is 622. The third-order valence-electron chi connectivity index (χ3n) is 7.08. The van der Waals surface area contributed by atoms with E-state index in [0.29, 0.717) is 24.7 Å². The summed E-state index contributed by atoms with van der Waals surface area (Å²) in [7, 11) is 0. The molecule has 2 atom stereocenters. The van der Waals surface area contributed by atoms with Crippen LogP contribution in [0.1, 0.15) is 95.1 Å². The minimum Gasteiger partial charge on any atom is -0.299 e. The van der Waals surface area contributed by atoms with E-state index in [2.05, 4.69) is 38.1 Å². The van der Waals surface area contributed by atoms with Crippen LogP contribution in [-0.2, 0) is 16.0 Å². The Labute approximate surface area is 165 Å². The Balaban J connectivity index is 1.52.